The van der Waals surface area contributed by atoms with E-state index in [1.165, 1.54) is 25.1 Å². The molecular formula is C11H10BrClF2O. The van der Waals surface area contributed by atoms with E-state index in [0.717, 1.165) is 0 Å². The SMILES string of the molecule is CC(Cl)C(=O)c1ccc(CBr)c(C(F)F)c1. The number of hydrogen-bond donors (Lipinski definition) is 0. The van der Waals surface area contributed by atoms with Gasteiger partial charge in [0.2, 0.25) is 0 Å². The Morgan fingerprint density at radius 3 is 2.56 bits per heavy atom. The van der Waals surface area contributed by atoms with Gasteiger partial charge in [-0.1, -0.05) is 28.1 Å². The Bertz CT molecular complexity index is 394. The maximum absolute atomic E-state index is 12.7. The summed E-state index contributed by atoms with van der Waals surface area (Å²) >= 11 is 8.74. The highest BCUT2D eigenvalue weighted by Gasteiger charge is 2.17. The van der Waals surface area contributed by atoms with Gasteiger partial charge in [0.05, 0.1) is 5.38 Å². The van der Waals surface area contributed by atoms with Crippen LogP contribution in [0.4, 0.5) is 8.78 Å². The summed E-state index contributed by atoms with van der Waals surface area (Å²) in [4.78, 5) is 11.5. The van der Waals surface area contributed by atoms with Gasteiger partial charge in [-0.15, -0.1) is 11.6 Å². The molecule has 1 rings (SSSR count). The van der Waals surface area contributed by atoms with Gasteiger partial charge in [0, 0.05) is 16.5 Å². The molecule has 16 heavy (non-hydrogen) atoms. The summed E-state index contributed by atoms with van der Waals surface area (Å²) in [5, 5.41) is -0.377. The zero-order valence-electron chi connectivity index (χ0n) is 8.51. The van der Waals surface area contributed by atoms with Crippen molar-refractivity contribution in [2.75, 3.05) is 0 Å². The van der Waals surface area contributed by atoms with Crippen molar-refractivity contribution < 1.29 is 13.6 Å². The van der Waals surface area contributed by atoms with Crippen molar-refractivity contribution >= 4 is 33.3 Å². The van der Waals surface area contributed by atoms with Gasteiger partial charge in [0.25, 0.3) is 6.43 Å². The third-order valence-electron chi connectivity index (χ3n) is 2.17. The number of carbonyl (C=O) groups is 1. The summed E-state index contributed by atoms with van der Waals surface area (Å²) < 4.78 is 25.4. The molecule has 0 bridgehead atoms. The van der Waals surface area contributed by atoms with Crippen LogP contribution in [0.25, 0.3) is 0 Å². The number of benzene rings is 1. The largest absolute Gasteiger partial charge is 0.293 e. The van der Waals surface area contributed by atoms with Gasteiger partial charge in [-0.25, -0.2) is 8.78 Å². The van der Waals surface area contributed by atoms with Gasteiger partial charge in [-0.3, -0.25) is 4.79 Å². The first-order valence-corrected chi connectivity index (χ1v) is 6.18. The second-order valence-electron chi connectivity index (χ2n) is 3.33. The lowest BCUT2D eigenvalue weighted by molar-refractivity contribution is 0.0991. The molecule has 0 aliphatic rings. The van der Waals surface area contributed by atoms with Gasteiger partial charge in [-0.05, 0) is 18.6 Å². The molecule has 0 radical (unpaired) electrons. The maximum Gasteiger partial charge on any atom is 0.264 e. The Balaban J connectivity index is 3.17. The Morgan fingerprint density at radius 1 is 1.50 bits per heavy atom. The summed E-state index contributed by atoms with van der Waals surface area (Å²) in [6.07, 6.45) is -2.59. The highest BCUT2D eigenvalue weighted by Crippen LogP contribution is 2.26. The topological polar surface area (TPSA) is 17.1 Å². The fraction of sp³-hybridized carbons (Fsp3) is 0.364. The van der Waals surface area contributed by atoms with E-state index in [1.54, 1.807) is 0 Å². The van der Waals surface area contributed by atoms with Gasteiger partial charge in [-0.2, -0.15) is 0 Å². The van der Waals surface area contributed by atoms with E-state index in [-0.39, 0.29) is 16.9 Å². The van der Waals surface area contributed by atoms with Crippen LogP contribution in [0.1, 0.15) is 34.8 Å². The molecule has 0 aliphatic heterocycles. The van der Waals surface area contributed by atoms with Crippen LogP contribution in [0.15, 0.2) is 18.2 Å². The average molecular weight is 312 g/mol. The monoisotopic (exact) mass is 310 g/mol. The molecule has 0 saturated carbocycles. The lowest BCUT2D eigenvalue weighted by Gasteiger charge is -2.09. The molecule has 1 atom stereocenters. The highest BCUT2D eigenvalue weighted by molar-refractivity contribution is 9.08. The van der Waals surface area contributed by atoms with E-state index in [1.807, 2.05) is 0 Å². The second-order valence-corrected chi connectivity index (χ2v) is 4.54. The molecule has 0 N–H and O–H groups in total. The van der Waals surface area contributed by atoms with Crippen molar-refractivity contribution in [3.8, 4) is 0 Å². The van der Waals surface area contributed by atoms with Crippen LogP contribution in [0.3, 0.4) is 0 Å². The first kappa shape index (κ1) is 13.6. The van der Waals surface area contributed by atoms with Crippen LogP contribution < -0.4 is 0 Å². The molecule has 0 amide bonds. The highest BCUT2D eigenvalue weighted by atomic mass is 79.9. The number of Topliss-reactive ketones (excluding diaryl/α,β-unsaturated/α-hetero) is 1. The van der Waals surface area contributed by atoms with E-state index < -0.39 is 11.8 Å². The van der Waals surface area contributed by atoms with Crippen LogP contribution in [0, 0.1) is 0 Å². The predicted molar refractivity (Wildman–Crippen MR) is 63.7 cm³/mol. The number of hydrogen-bond acceptors (Lipinski definition) is 1. The third kappa shape index (κ3) is 3.01. The lowest BCUT2D eigenvalue weighted by Crippen LogP contribution is -2.11. The minimum Gasteiger partial charge on any atom is -0.293 e. The molecule has 0 fully saturated rings. The van der Waals surface area contributed by atoms with Crippen molar-refractivity contribution in [2.45, 2.75) is 24.1 Å². The fourth-order valence-electron chi connectivity index (χ4n) is 1.30. The molecule has 0 saturated heterocycles. The molecule has 1 aromatic carbocycles. The van der Waals surface area contributed by atoms with Crippen LogP contribution in [0.5, 0.6) is 0 Å². The van der Waals surface area contributed by atoms with E-state index in [9.17, 15) is 13.6 Å². The Kier molecular flexibility index (Phi) is 4.87. The number of ketones is 1. The van der Waals surface area contributed by atoms with E-state index >= 15 is 0 Å². The average Bonchev–Trinajstić information content (AvgIpc) is 2.26. The zero-order valence-corrected chi connectivity index (χ0v) is 10.9. The summed E-state index contributed by atoms with van der Waals surface area (Å²) in [6, 6.07) is 4.24. The third-order valence-corrected chi connectivity index (χ3v) is 2.97. The van der Waals surface area contributed by atoms with E-state index in [2.05, 4.69) is 15.9 Å². The summed E-state index contributed by atoms with van der Waals surface area (Å²) in [7, 11) is 0. The molecule has 88 valence electrons. The predicted octanol–water partition coefficient (Wildman–Crippen LogP) is 4.33. The van der Waals surface area contributed by atoms with Gasteiger partial charge >= 0.3 is 0 Å². The quantitative estimate of drug-likeness (QED) is 0.597. The Morgan fingerprint density at radius 2 is 2.12 bits per heavy atom. The zero-order chi connectivity index (χ0) is 12.3. The van der Waals surface area contributed by atoms with Crippen molar-refractivity contribution in [1.29, 1.82) is 0 Å². The molecular weight excluding hydrogens is 301 g/mol. The van der Waals surface area contributed by atoms with Gasteiger partial charge < -0.3 is 0 Å². The molecule has 5 heteroatoms. The number of halogens is 4. The van der Waals surface area contributed by atoms with Crippen molar-refractivity contribution in [1.82, 2.24) is 0 Å². The molecule has 0 aromatic heterocycles. The minimum atomic E-state index is -2.59. The maximum atomic E-state index is 12.7. The molecule has 1 nitrogen and oxygen atoms in total. The van der Waals surface area contributed by atoms with Gasteiger partial charge in [0.1, 0.15) is 0 Å². The molecule has 0 spiro atoms. The summed E-state index contributed by atoms with van der Waals surface area (Å²) in [5.41, 5.74) is 0.580. The van der Waals surface area contributed by atoms with Crippen LogP contribution in [-0.4, -0.2) is 11.2 Å². The summed E-state index contributed by atoms with van der Waals surface area (Å²) in [6.45, 7) is 1.52. The van der Waals surface area contributed by atoms with E-state index in [0.29, 0.717) is 10.9 Å². The van der Waals surface area contributed by atoms with Gasteiger partial charge in [0.15, 0.2) is 5.78 Å². The smallest absolute Gasteiger partial charge is 0.264 e. The van der Waals surface area contributed by atoms with Crippen LogP contribution in [0.2, 0.25) is 0 Å². The van der Waals surface area contributed by atoms with Crippen molar-refractivity contribution in [3.05, 3.63) is 34.9 Å². The molecule has 1 aromatic rings. The standard InChI is InChI=1S/C11H10BrClF2O/c1-6(13)10(16)7-2-3-8(5-12)9(4-7)11(14)15/h2-4,6,11H,5H2,1H3. The van der Waals surface area contributed by atoms with Crippen LogP contribution in [-0.2, 0) is 5.33 Å². The molecule has 0 aliphatic carbocycles. The second kappa shape index (κ2) is 5.73. The number of rotatable bonds is 4. The Hall–Kier alpha value is -0.480. The van der Waals surface area contributed by atoms with E-state index in [4.69, 9.17) is 11.6 Å². The molecule has 1 unspecified atom stereocenters. The minimum absolute atomic E-state index is 0.125. The normalized spacial score (nSPS) is 12.9. The number of carbonyl (C=O) groups excluding carboxylic acids is 1. The van der Waals surface area contributed by atoms with Crippen LogP contribution >= 0.6 is 27.5 Å². The fourth-order valence-corrected chi connectivity index (χ4v) is 1.94. The lowest BCUT2D eigenvalue weighted by atomic mass is 10.0. The molecule has 0 heterocycles. The van der Waals surface area contributed by atoms with Crippen molar-refractivity contribution in [2.24, 2.45) is 0 Å². The Labute approximate surface area is 106 Å². The number of alkyl halides is 4. The van der Waals surface area contributed by atoms with Crippen molar-refractivity contribution in [3.63, 3.8) is 0 Å². The first-order chi connectivity index (χ1) is 7.47. The first-order valence-electron chi connectivity index (χ1n) is 4.62. The summed E-state index contributed by atoms with van der Waals surface area (Å²) in [5.74, 6) is -0.343.